The van der Waals surface area contributed by atoms with Gasteiger partial charge in [-0.25, -0.2) is 0 Å². The lowest BCUT2D eigenvalue weighted by atomic mass is 9.91. The van der Waals surface area contributed by atoms with Gasteiger partial charge in [-0.2, -0.15) is 0 Å². The van der Waals surface area contributed by atoms with Crippen molar-refractivity contribution < 1.29 is 15.0 Å². The smallest absolute Gasteiger partial charge is 0.231 e. The number of allylic oxidation sites excluding steroid dienone is 13. The fraction of sp³-hybridized carbons (Fsp3) is 0.485. The molecule has 2 N–H and O–H groups in total. The van der Waals surface area contributed by atoms with Crippen molar-refractivity contribution in [2.45, 2.75) is 83.1 Å². The second-order valence-corrected chi connectivity index (χ2v) is 16.5. The molecule has 206 valence electrons. The Morgan fingerprint density at radius 3 is 1.11 bits per heavy atom. The van der Waals surface area contributed by atoms with Crippen LogP contribution in [0.4, 0.5) is 0 Å². The second-order valence-electron chi connectivity index (χ2n) is 14.4. The van der Waals surface area contributed by atoms with Gasteiger partial charge >= 0.3 is 0 Å². The van der Waals surface area contributed by atoms with Crippen LogP contribution in [-0.4, -0.2) is 16.0 Å². The highest BCUT2D eigenvalue weighted by Crippen LogP contribution is 2.50. The average molecular weight is 553 g/mol. The predicted molar refractivity (Wildman–Crippen MR) is 166 cm³/mol. The minimum atomic E-state index is -0.554. The first kappa shape index (κ1) is 30.4. The molecule has 0 amide bonds. The van der Waals surface area contributed by atoms with E-state index >= 15 is 0 Å². The van der Waals surface area contributed by atoms with Gasteiger partial charge in [-0.3, -0.25) is 4.79 Å². The molecule has 3 rings (SSSR count). The Kier molecular flexibility index (Phi) is 8.11. The molecule has 38 heavy (non-hydrogen) atoms. The van der Waals surface area contributed by atoms with E-state index in [0.29, 0.717) is 0 Å². The number of carbonyl (C=O) groups excluding carboxylic acids is 1. The summed E-state index contributed by atoms with van der Waals surface area (Å²) in [5.41, 5.74) is 1.75. The number of aliphatic hydroxyl groups is 2. The van der Waals surface area contributed by atoms with E-state index in [1.54, 1.807) is 35.7 Å². The highest BCUT2D eigenvalue weighted by atomic mass is 32.2. The lowest BCUT2D eigenvalue weighted by molar-refractivity contribution is -0.114. The number of hydrogen-bond acceptors (Lipinski definition) is 5. The van der Waals surface area contributed by atoms with Crippen LogP contribution in [0.15, 0.2) is 89.9 Å². The first-order valence-electron chi connectivity index (χ1n) is 13.2. The van der Waals surface area contributed by atoms with Gasteiger partial charge in [0.05, 0.1) is 11.1 Å². The standard InChI is InChI=1S/C33H44O3S2/c1-30(2,3)23-15-19(16-24(37-23)31(4,5)6)13-21-27(34)22(29(36)28(21)35)14-20-17-25(32(7,8)9)38-26(18-20)33(10,11)12/h13-18,34H,1-12H3,(H,35,36). The maximum absolute atomic E-state index is 13.2. The normalized spacial score (nSPS) is 19.9. The first-order valence-corrected chi connectivity index (χ1v) is 14.8. The van der Waals surface area contributed by atoms with Gasteiger partial charge in [0, 0.05) is 0 Å². The summed E-state index contributed by atoms with van der Waals surface area (Å²) in [7, 11) is 0. The van der Waals surface area contributed by atoms with Crippen LogP contribution in [0.5, 0.6) is 0 Å². The lowest BCUT2D eigenvalue weighted by Crippen LogP contribution is -2.15. The molecule has 0 spiro atoms. The molecular weight excluding hydrogens is 508 g/mol. The number of rotatable bonds is 2. The van der Waals surface area contributed by atoms with Crippen molar-refractivity contribution in [1.29, 1.82) is 0 Å². The molecule has 0 fully saturated rings. The molecule has 0 bridgehead atoms. The van der Waals surface area contributed by atoms with Crippen LogP contribution < -0.4 is 0 Å². The van der Waals surface area contributed by atoms with Gasteiger partial charge in [-0.05, 0) is 88.9 Å². The summed E-state index contributed by atoms with van der Waals surface area (Å²) in [4.78, 5) is 18.0. The Balaban J connectivity index is 2.14. The Morgan fingerprint density at radius 1 is 0.526 bits per heavy atom. The number of ketones is 1. The molecular formula is C33H44O3S2. The van der Waals surface area contributed by atoms with Crippen LogP contribution in [-0.2, 0) is 4.79 Å². The van der Waals surface area contributed by atoms with E-state index in [-0.39, 0.29) is 38.6 Å². The largest absolute Gasteiger partial charge is 0.506 e. The molecule has 0 saturated heterocycles. The number of carbonyl (C=O) groups is 1. The molecule has 0 unspecified atom stereocenters. The maximum atomic E-state index is 13.2. The average Bonchev–Trinajstić information content (AvgIpc) is 2.94. The summed E-state index contributed by atoms with van der Waals surface area (Å²) in [6, 6.07) is 0. The fourth-order valence-electron chi connectivity index (χ4n) is 3.91. The van der Waals surface area contributed by atoms with Crippen molar-refractivity contribution >= 4 is 29.3 Å². The Morgan fingerprint density at radius 2 is 0.816 bits per heavy atom. The molecule has 0 atom stereocenters. The van der Waals surface area contributed by atoms with Crippen LogP contribution in [0.2, 0.25) is 0 Å². The SMILES string of the molecule is CC(C)(C)C1=CC(=CC2=C(O)C(C=C3C=C(C(C)(C)C)SC(C(C)(C)C)=C3)=C(O)C2=O)C=C(C(C)(C)C)S1. The van der Waals surface area contributed by atoms with E-state index in [1.807, 2.05) is 0 Å². The van der Waals surface area contributed by atoms with Gasteiger partial charge in [0.15, 0.2) is 5.76 Å². The van der Waals surface area contributed by atoms with Crippen molar-refractivity contribution in [2.75, 3.05) is 0 Å². The van der Waals surface area contributed by atoms with E-state index in [4.69, 9.17) is 0 Å². The molecule has 3 aliphatic rings. The van der Waals surface area contributed by atoms with Crippen molar-refractivity contribution in [2.24, 2.45) is 21.7 Å². The zero-order valence-corrected chi connectivity index (χ0v) is 26.7. The summed E-state index contributed by atoms with van der Waals surface area (Å²) in [5.74, 6) is -1.15. The molecule has 1 aliphatic carbocycles. The van der Waals surface area contributed by atoms with Crippen molar-refractivity contribution in [3.8, 4) is 0 Å². The molecule has 3 nitrogen and oxygen atoms in total. The number of hydrogen-bond donors (Lipinski definition) is 2. The zero-order chi connectivity index (χ0) is 29.0. The van der Waals surface area contributed by atoms with E-state index in [1.165, 1.54) is 19.6 Å². The van der Waals surface area contributed by atoms with Crippen molar-refractivity contribution in [1.82, 2.24) is 0 Å². The van der Waals surface area contributed by atoms with Crippen molar-refractivity contribution in [3.05, 3.63) is 89.9 Å². The van der Waals surface area contributed by atoms with Gasteiger partial charge in [0.25, 0.3) is 0 Å². The van der Waals surface area contributed by atoms with E-state index < -0.39 is 11.5 Å². The molecule has 2 aliphatic heterocycles. The molecule has 2 heterocycles. The zero-order valence-electron chi connectivity index (χ0n) is 25.1. The number of thioether (sulfide) groups is 2. The van der Waals surface area contributed by atoms with Crippen LogP contribution in [0.1, 0.15) is 83.1 Å². The lowest BCUT2D eigenvalue weighted by Gasteiger charge is -2.32. The van der Waals surface area contributed by atoms with Gasteiger partial charge in [0.1, 0.15) is 5.76 Å². The van der Waals surface area contributed by atoms with Crippen LogP contribution in [0.3, 0.4) is 0 Å². The molecule has 5 heteroatoms. The topological polar surface area (TPSA) is 57.5 Å². The highest BCUT2D eigenvalue weighted by Gasteiger charge is 2.33. The van der Waals surface area contributed by atoms with Crippen LogP contribution >= 0.6 is 23.5 Å². The highest BCUT2D eigenvalue weighted by molar-refractivity contribution is 8.07. The van der Waals surface area contributed by atoms with Gasteiger partial charge in [-0.15, -0.1) is 0 Å². The molecule has 0 aromatic rings. The van der Waals surface area contributed by atoms with Crippen LogP contribution in [0.25, 0.3) is 0 Å². The van der Waals surface area contributed by atoms with Crippen molar-refractivity contribution in [3.63, 3.8) is 0 Å². The van der Waals surface area contributed by atoms with Crippen LogP contribution in [0, 0.1) is 21.7 Å². The summed E-state index contributed by atoms with van der Waals surface area (Å²) >= 11 is 3.54. The van der Waals surface area contributed by atoms with E-state index in [9.17, 15) is 15.0 Å². The Bertz CT molecular complexity index is 1230. The maximum Gasteiger partial charge on any atom is 0.231 e. The van der Waals surface area contributed by atoms with E-state index in [0.717, 1.165) is 11.1 Å². The molecule has 0 saturated carbocycles. The number of Topliss-reactive ketones (excluding diaryl/α,β-unsaturated/α-hetero) is 1. The van der Waals surface area contributed by atoms with Gasteiger partial charge in [-0.1, -0.05) is 107 Å². The second kappa shape index (κ2) is 10.1. The quantitative estimate of drug-likeness (QED) is 0.357. The van der Waals surface area contributed by atoms with Gasteiger partial charge in [0.2, 0.25) is 5.78 Å². The molecule has 0 aromatic carbocycles. The first-order chi connectivity index (χ1) is 17.1. The third-order valence-corrected chi connectivity index (χ3v) is 10.2. The minimum Gasteiger partial charge on any atom is -0.506 e. The van der Waals surface area contributed by atoms with Gasteiger partial charge < -0.3 is 10.2 Å². The molecule has 0 radical (unpaired) electrons. The third kappa shape index (κ3) is 6.71. The Labute approximate surface area is 238 Å². The monoisotopic (exact) mass is 552 g/mol. The fourth-order valence-corrected chi connectivity index (χ4v) is 6.39. The minimum absolute atomic E-state index is 0.0584. The van der Waals surface area contributed by atoms with E-state index in [2.05, 4.69) is 107 Å². The summed E-state index contributed by atoms with van der Waals surface area (Å²) < 4.78 is 0. The summed E-state index contributed by atoms with van der Waals surface area (Å²) in [5, 5.41) is 22.1. The third-order valence-electron chi connectivity index (χ3n) is 6.43. The summed E-state index contributed by atoms with van der Waals surface area (Å²) in [6.45, 7) is 26.1. The Hall–Kier alpha value is -2.11. The predicted octanol–water partition coefficient (Wildman–Crippen LogP) is 10.3. The number of aliphatic hydroxyl groups excluding tert-OH is 2. The summed E-state index contributed by atoms with van der Waals surface area (Å²) in [6.07, 6.45) is 11.8. The molecule has 0 aromatic heterocycles.